The molecule has 0 aromatic heterocycles. The van der Waals surface area contributed by atoms with E-state index < -0.39 is 16.1 Å². The van der Waals surface area contributed by atoms with Crippen LogP contribution in [0.3, 0.4) is 0 Å². The Hall–Kier alpha value is -2.54. The van der Waals surface area contributed by atoms with Crippen LogP contribution in [0.5, 0.6) is 5.75 Å². The van der Waals surface area contributed by atoms with Crippen LogP contribution in [-0.4, -0.2) is 33.0 Å². The predicted octanol–water partition coefficient (Wildman–Crippen LogP) is 3.47. The van der Waals surface area contributed by atoms with Gasteiger partial charge in [0.2, 0.25) is 0 Å². The molecule has 1 atom stereocenters. The maximum atomic E-state index is 13.4. The van der Waals surface area contributed by atoms with Crippen molar-refractivity contribution in [1.29, 1.82) is 0 Å². The van der Waals surface area contributed by atoms with Gasteiger partial charge in [-0.15, -0.1) is 0 Å². The van der Waals surface area contributed by atoms with Gasteiger partial charge in [0.05, 0.1) is 17.1 Å². The van der Waals surface area contributed by atoms with Crippen LogP contribution < -0.4 is 14.4 Å². The van der Waals surface area contributed by atoms with Crippen LogP contribution >= 0.6 is 0 Å². The Kier molecular flexibility index (Phi) is 5.63. The predicted molar refractivity (Wildman–Crippen MR) is 114 cm³/mol. The number of fused-ring (bicyclic) bond motifs is 1. The van der Waals surface area contributed by atoms with E-state index in [-0.39, 0.29) is 28.8 Å². The summed E-state index contributed by atoms with van der Waals surface area (Å²) in [5, 5.41) is 2.81. The Morgan fingerprint density at radius 1 is 1.14 bits per heavy atom. The van der Waals surface area contributed by atoms with Crippen molar-refractivity contribution >= 4 is 21.6 Å². The van der Waals surface area contributed by atoms with Gasteiger partial charge in [-0.2, -0.15) is 0 Å². The molecule has 1 N–H and O–H groups in total. The van der Waals surface area contributed by atoms with Crippen molar-refractivity contribution in [2.24, 2.45) is 0 Å². The second-order valence-corrected chi connectivity index (χ2v) is 10.4. The summed E-state index contributed by atoms with van der Waals surface area (Å²) in [5.41, 5.74) is 1.27. The van der Waals surface area contributed by atoms with Crippen molar-refractivity contribution < 1.29 is 17.9 Å². The standard InChI is InChI=1S/C22H28N2O4S/c1-15(2)23-21(25)20-14-24(29(26,27)17-9-7-6-8-10-17)18-13-16(22(3,4)5)11-12-19(18)28-20/h6-13,15,20H,14H2,1-5H3,(H,23,25)/t20-/m0/s1. The number of amides is 1. The summed E-state index contributed by atoms with van der Waals surface area (Å²) < 4.78 is 34.1. The topological polar surface area (TPSA) is 75.7 Å². The molecular weight excluding hydrogens is 388 g/mol. The number of nitrogens with zero attached hydrogens (tertiary/aromatic N) is 1. The quantitative estimate of drug-likeness (QED) is 0.828. The summed E-state index contributed by atoms with van der Waals surface area (Å²) in [5.74, 6) is 0.0477. The zero-order valence-corrected chi connectivity index (χ0v) is 18.3. The van der Waals surface area contributed by atoms with E-state index in [0.29, 0.717) is 11.4 Å². The lowest BCUT2D eigenvalue weighted by atomic mass is 9.86. The number of hydrogen-bond donors (Lipinski definition) is 1. The van der Waals surface area contributed by atoms with E-state index in [1.807, 2.05) is 26.0 Å². The van der Waals surface area contributed by atoms with Gasteiger partial charge in [0.15, 0.2) is 6.10 Å². The molecule has 3 rings (SSSR count). The van der Waals surface area contributed by atoms with Crippen molar-refractivity contribution in [2.75, 3.05) is 10.8 Å². The monoisotopic (exact) mass is 416 g/mol. The highest BCUT2D eigenvalue weighted by Gasteiger charge is 2.38. The number of carbonyl (C=O) groups is 1. The van der Waals surface area contributed by atoms with E-state index in [9.17, 15) is 13.2 Å². The van der Waals surface area contributed by atoms with Crippen molar-refractivity contribution in [2.45, 2.75) is 57.1 Å². The van der Waals surface area contributed by atoms with Crippen LogP contribution in [0.2, 0.25) is 0 Å². The molecule has 7 heteroatoms. The molecule has 0 unspecified atom stereocenters. The lowest BCUT2D eigenvalue weighted by Crippen LogP contribution is -2.51. The van der Waals surface area contributed by atoms with E-state index in [2.05, 4.69) is 26.1 Å². The summed E-state index contributed by atoms with van der Waals surface area (Å²) in [6, 6.07) is 13.7. The Labute approximate surface area is 172 Å². The second kappa shape index (κ2) is 7.71. The van der Waals surface area contributed by atoms with Gasteiger partial charge in [-0.1, -0.05) is 45.0 Å². The fraction of sp³-hybridized carbons (Fsp3) is 0.409. The molecule has 0 fully saturated rings. The highest BCUT2D eigenvalue weighted by Crippen LogP contribution is 2.40. The molecule has 0 aliphatic carbocycles. The molecule has 1 aliphatic heterocycles. The molecule has 0 saturated heterocycles. The van der Waals surface area contributed by atoms with Crippen LogP contribution in [0, 0.1) is 0 Å². The average molecular weight is 417 g/mol. The van der Waals surface area contributed by atoms with E-state index >= 15 is 0 Å². The van der Waals surface area contributed by atoms with Gasteiger partial charge in [0, 0.05) is 6.04 Å². The summed E-state index contributed by atoms with van der Waals surface area (Å²) in [7, 11) is -3.86. The average Bonchev–Trinajstić information content (AvgIpc) is 2.66. The molecule has 1 aliphatic rings. The molecule has 0 bridgehead atoms. The van der Waals surface area contributed by atoms with Gasteiger partial charge < -0.3 is 10.1 Å². The smallest absolute Gasteiger partial charge is 0.264 e. The van der Waals surface area contributed by atoms with E-state index in [0.717, 1.165) is 5.56 Å². The lowest BCUT2D eigenvalue weighted by Gasteiger charge is -2.36. The molecule has 0 spiro atoms. The van der Waals surface area contributed by atoms with Crippen molar-refractivity contribution in [3.8, 4) is 5.75 Å². The molecule has 29 heavy (non-hydrogen) atoms. The van der Waals surface area contributed by atoms with Gasteiger partial charge in [-0.25, -0.2) is 8.42 Å². The third-order valence-corrected chi connectivity index (χ3v) is 6.54. The van der Waals surface area contributed by atoms with E-state index in [1.54, 1.807) is 36.4 Å². The number of ether oxygens (including phenoxy) is 1. The van der Waals surface area contributed by atoms with Gasteiger partial charge in [0.1, 0.15) is 5.75 Å². The second-order valence-electron chi connectivity index (χ2n) is 8.55. The molecule has 1 amide bonds. The maximum Gasteiger partial charge on any atom is 0.264 e. The number of nitrogens with one attached hydrogen (secondary N) is 1. The largest absolute Gasteiger partial charge is 0.476 e. The first-order valence-electron chi connectivity index (χ1n) is 9.69. The highest BCUT2D eigenvalue weighted by atomic mass is 32.2. The maximum absolute atomic E-state index is 13.4. The molecule has 0 radical (unpaired) electrons. The zero-order valence-electron chi connectivity index (χ0n) is 17.5. The third-order valence-electron chi connectivity index (χ3n) is 4.75. The molecular formula is C22H28N2O4S. The van der Waals surface area contributed by atoms with Crippen LogP contribution in [-0.2, 0) is 20.2 Å². The van der Waals surface area contributed by atoms with Crippen molar-refractivity contribution in [1.82, 2.24) is 5.32 Å². The Balaban J connectivity index is 2.11. The van der Waals surface area contributed by atoms with Crippen LogP contribution in [0.25, 0.3) is 0 Å². The van der Waals surface area contributed by atoms with Crippen LogP contribution in [0.15, 0.2) is 53.4 Å². The first-order valence-corrected chi connectivity index (χ1v) is 11.1. The Morgan fingerprint density at radius 2 is 1.79 bits per heavy atom. The normalized spacial score (nSPS) is 16.9. The van der Waals surface area contributed by atoms with Gasteiger partial charge in [-0.05, 0) is 49.1 Å². The first kappa shape index (κ1) is 21.2. The van der Waals surface area contributed by atoms with Crippen molar-refractivity contribution in [3.63, 3.8) is 0 Å². The SMILES string of the molecule is CC(C)NC(=O)[C@@H]1CN(S(=O)(=O)c2ccccc2)c2cc(C(C)(C)C)ccc2O1. The minimum Gasteiger partial charge on any atom is -0.476 e. The third kappa shape index (κ3) is 4.40. The van der Waals surface area contributed by atoms with E-state index in [4.69, 9.17) is 4.74 Å². The molecule has 1 heterocycles. The molecule has 156 valence electrons. The molecule has 0 saturated carbocycles. The summed E-state index contributed by atoms with van der Waals surface area (Å²) >= 11 is 0. The van der Waals surface area contributed by atoms with Gasteiger partial charge in [-0.3, -0.25) is 9.10 Å². The molecule has 2 aromatic carbocycles. The van der Waals surface area contributed by atoms with Crippen LogP contribution in [0.1, 0.15) is 40.2 Å². The fourth-order valence-corrected chi connectivity index (χ4v) is 4.67. The first-order chi connectivity index (χ1) is 13.5. The Morgan fingerprint density at radius 3 is 2.38 bits per heavy atom. The molecule has 2 aromatic rings. The highest BCUT2D eigenvalue weighted by molar-refractivity contribution is 7.92. The number of anilines is 1. The van der Waals surface area contributed by atoms with Gasteiger partial charge >= 0.3 is 0 Å². The summed E-state index contributed by atoms with van der Waals surface area (Å²) in [6.45, 7) is 9.80. The number of benzene rings is 2. The number of sulfonamides is 1. The number of hydrogen-bond acceptors (Lipinski definition) is 4. The minimum atomic E-state index is -3.86. The van der Waals surface area contributed by atoms with Gasteiger partial charge in [0.25, 0.3) is 15.9 Å². The van der Waals surface area contributed by atoms with Crippen LogP contribution in [0.4, 0.5) is 5.69 Å². The summed E-state index contributed by atoms with van der Waals surface area (Å²) in [6.07, 6.45) is -0.927. The number of rotatable bonds is 4. The van der Waals surface area contributed by atoms with E-state index in [1.165, 1.54) is 4.31 Å². The zero-order chi connectivity index (χ0) is 21.4. The minimum absolute atomic E-state index is 0.0741. The van der Waals surface area contributed by atoms with Crippen molar-refractivity contribution in [3.05, 3.63) is 54.1 Å². The number of carbonyl (C=O) groups excluding carboxylic acids is 1. The Bertz CT molecular complexity index is 995. The lowest BCUT2D eigenvalue weighted by molar-refractivity contribution is -0.128. The fourth-order valence-electron chi connectivity index (χ4n) is 3.18. The molecule has 6 nitrogen and oxygen atoms in total. The summed E-state index contributed by atoms with van der Waals surface area (Å²) in [4.78, 5) is 12.8.